The second-order valence-electron chi connectivity index (χ2n) is 4.89. The van der Waals surface area contributed by atoms with Gasteiger partial charge in [-0.1, -0.05) is 17.7 Å². The summed E-state index contributed by atoms with van der Waals surface area (Å²) in [7, 11) is -3.75. The zero-order chi connectivity index (χ0) is 15.6. The van der Waals surface area contributed by atoms with Crippen LogP contribution in [0.1, 0.15) is 12.0 Å². The Kier molecular flexibility index (Phi) is 4.88. The molecule has 0 bridgehead atoms. The summed E-state index contributed by atoms with van der Waals surface area (Å²) in [5.74, 6) is -1.02. The van der Waals surface area contributed by atoms with E-state index in [4.69, 9.17) is 21.4 Å². The summed E-state index contributed by atoms with van der Waals surface area (Å²) < 4.78 is 31.7. The molecule has 1 aromatic rings. The average Bonchev–Trinajstić information content (AvgIpc) is 2.37. The number of aliphatic carboxylic acids is 1. The molecule has 1 aliphatic rings. The molecule has 1 saturated heterocycles. The maximum absolute atomic E-state index is 12.6. The van der Waals surface area contributed by atoms with Crippen molar-refractivity contribution in [3.63, 3.8) is 0 Å². The van der Waals surface area contributed by atoms with E-state index in [0.717, 1.165) is 5.56 Å². The van der Waals surface area contributed by atoms with E-state index in [1.54, 1.807) is 12.1 Å². The molecule has 1 fully saturated rings. The number of aryl methyl sites for hydroxylation is 1. The Hall–Kier alpha value is -1.15. The van der Waals surface area contributed by atoms with Crippen LogP contribution in [-0.2, 0) is 19.6 Å². The summed E-state index contributed by atoms with van der Waals surface area (Å²) in [6.07, 6.45) is -0.872. The number of hydrogen-bond donors (Lipinski definition) is 1. The summed E-state index contributed by atoms with van der Waals surface area (Å²) in [4.78, 5) is 10.7. The Labute approximate surface area is 128 Å². The molecule has 1 unspecified atom stereocenters. The van der Waals surface area contributed by atoms with Gasteiger partial charge < -0.3 is 9.84 Å². The predicted octanol–water partition coefficient (Wildman–Crippen LogP) is 1.51. The van der Waals surface area contributed by atoms with Crippen LogP contribution in [0.3, 0.4) is 0 Å². The van der Waals surface area contributed by atoms with Crippen molar-refractivity contribution in [2.45, 2.75) is 24.3 Å². The number of benzene rings is 1. The van der Waals surface area contributed by atoms with Gasteiger partial charge in [-0.15, -0.1) is 0 Å². The van der Waals surface area contributed by atoms with E-state index >= 15 is 0 Å². The fourth-order valence-electron chi connectivity index (χ4n) is 2.18. The van der Waals surface area contributed by atoms with Crippen molar-refractivity contribution in [3.05, 3.63) is 28.8 Å². The van der Waals surface area contributed by atoms with E-state index < -0.39 is 22.1 Å². The number of nitrogens with zero attached hydrogens (tertiary/aromatic N) is 1. The largest absolute Gasteiger partial charge is 0.481 e. The maximum atomic E-state index is 12.6. The van der Waals surface area contributed by atoms with Crippen LogP contribution in [0.4, 0.5) is 0 Å². The molecule has 1 aliphatic heterocycles. The van der Waals surface area contributed by atoms with Crippen LogP contribution >= 0.6 is 11.6 Å². The van der Waals surface area contributed by atoms with E-state index in [0.29, 0.717) is 0 Å². The zero-order valence-corrected chi connectivity index (χ0v) is 13.0. The molecule has 1 aromatic carbocycles. The van der Waals surface area contributed by atoms with Gasteiger partial charge in [-0.25, -0.2) is 8.42 Å². The number of rotatable bonds is 4. The van der Waals surface area contributed by atoms with Crippen LogP contribution in [0, 0.1) is 6.92 Å². The molecule has 0 amide bonds. The number of hydrogen-bond acceptors (Lipinski definition) is 4. The summed E-state index contributed by atoms with van der Waals surface area (Å²) in [6.45, 7) is 2.18. The quantitative estimate of drug-likeness (QED) is 0.903. The first kappa shape index (κ1) is 16.2. The monoisotopic (exact) mass is 333 g/mol. The molecule has 1 heterocycles. The Morgan fingerprint density at radius 2 is 2.24 bits per heavy atom. The van der Waals surface area contributed by atoms with Gasteiger partial charge in [0.05, 0.1) is 24.2 Å². The summed E-state index contributed by atoms with van der Waals surface area (Å²) >= 11 is 6.02. The lowest BCUT2D eigenvalue weighted by atomic mass is 10.2. The lowest BCUT2D eigenvalue weighted by Crippen LogP contribution is -2.46. The third kappa shape index (κ3) is 3.74. The Bertz CT molecular complexity index is 646. The molecular weight excluding hydrogens is 318 g/mol. The molecule has 0 saturated carbocycles. The van der Waals surface area contributed by atoms with Crippen LogP contribution in [0.25, 0.3) is 0 Å². The molecule has 1 N–H and O–H groups in total. The Balaban J connectivity index is 2.24. The summed E-state index contributed by atoms with van der Waals surface area (Å²) in [6, 6.07) is 4.73. The molecule has 0 radical (unpaired) electrons. The zero-order valence-electron chi connectivity index (χ0n) is 11.5. The Morgan fingerprint density at radius 3 is 2.86 bits per heavy atom. The number of halogens is 1. The van der Waals surface area contributed by atoms with Crippen molar-refractivity contribution >= 4 is 27.6 Å². The number of carboxylic acids is 1. The fraction of sp³-hybridized carbons (Fsp3) is 0.462. The van der Waals surface area contributed by atoms with Crippen molar-refractivity contribution in [1.29, 1.82) is 0 Å². The summed E-state index contributed by atoms with van der Waals surface area (Å²) in [5, 5.41) is 8.94. The highest BCUT2D eigenvalue weighted by Gasteiger charge is 2.32. The first-order valence-corrected chi connectivity index (χ1v) is 8.22. The highest BCUT2D eigenvalue weighted by Crippen LogP contribution is 2.27. The minimum absolute atomic E-state index is 0.0127. The van der Waals surface area contributed by atoms with E-state index in [2.05, 4.69) is 0 Å². The number of sulfonamides is 1. The van der Waals surface area contributed by atoms with Gasteiger partial charge in [0, 0.05) is 13.1 Å². The molecule has 1 atom stereocenters. The summed E-state index contributed by atoms with van der Waals surface area (Å²) in [5.41, 5.74) is 0.865. The van der Waals surface area contributed by atoms with Gasteiger partial charge in [0.15, 0.2) is 0 Å². The van der Waals surface area contributed by atoms with Crippen LogP contribution < -0.4 is 0 Å². The van der Waals surface area contributed by atoms with Gasteiger partial charge in [-0.05, 0) is 24.6 Å². The molecule has 0 aromatic heterocycles. The fourth-order valence-corrected chi connectivity index (χ4v) is 4.21. The second-order valence-corrected chi connectivity index (χ2v) is 7.20. The number of carboxylic acid groups (broad SMARTS) is 1. The first-order chi connectivity index (χ1) is 9.80. The van der Waals surface area contributed by atoms with Crippen molar-refractivity contribution in [2.24, 2.45) is 0 Å². The highest BCUT2D eigenvalue weighted by molar-refractivity contribution is 7.89. The standard InChI is InChI=1S/C13H16ClNO5S/c1-9-2-3-12(11(14)6-9)21(18,19)15-4-5-20-10(8-15)7-13(16)17/h2-3,6,10H,4-5,7-8H2,1H3,(H,16,17). The van der Waals surface area contributed by atoms with Gasteiger partial charge >= 0.3 is 5.97 Å². The lowest BCUT2D eigenvalue weighted by molar-refractivity contribution is -0.141. The van der Waals surface area contributed by atoms with E-state index in [-0.39, 0.29) is 36.0 Å². The molecule has 8 heteroatoms. The third-order valence-corrected chi connectivity index (χ3v) is 5.56. The minimum atomic E-state index is -3.75. The molecular formula is C13H16ClNO5S. The third-order valence-electron chi connectivity index (χ3n) is 3.21. The number of ether oxygens (including phenoxy) is 1. The van der Waals surface area contributed by atoms with Crippen LogP contribution in [0.5, 0.6) is 0 Å². The lowest BCUT2D eigenvalue weighted by Gasteiger charge is -2.31. The van der Waals surface area contributed by atoms with Gasteiger partial charge in [-0.3, -0.25) is 4.79 Å². The van der Waals surface area contributed by atoms with Crippen molar-refractivity contribution in [3.8, 4) is 0 Å². The van der Waals surface area contributed by atoms with E-state index in [1.807, 2.05) is 6.92 Å². The van der Waals surface area contributed by atoms with Crippen LogP contribution in [0.2, 0.25) is 5.02 Å². The topological polar surface area (TPSA) is 83.9 Å². The SMILES string of the molecule is Cc1ccc(S(=O)(=O)N2CCOC(CC(=O)O)C2)c(Cl)c1. The molecule has 0 spiro atoms. The Morgan fingerprint density at radius 1 is 1.52 bits per heavy atom. The molecule has 0 aliphatic carbocycles. The molecule has 2 rings (SSSR count). The van der Waals surface area contributed by atoms with Crippen LogP contribution in [0.15, 0.2) is 23.1 Å². The van der Waals surface area contributed by atoms with Crippen molar-refractivity contribution in [2.75, 3.05) is 19.7 Å². The smallest absolute Gasteiger partial charge is 0.306 e. The first-order valence-electron chi connectivity index (χ1n) is 6.40. The van der Waals surface area contributed by atoms with E-state index in [9.17, 15) is 13.2 Å². The maximum Gasteiger partial charge on any atom is 0.306 e. The molecule has 21 heavy (non-hydrogen) atoms. The average molecular weight is 334 g/mol. The molecule has 6 nitrogen and oxygen atoms in total. The normalized spacial score (nSPS) is 20.4. The second kappa shape index (κ2) is 6.31. The van der Waals surface area contributed by atoms with Gasteiger partial charge in [0.25, 0.3) is 0 Å². The van der Waals surface area contributed by atoms with Crippen molar-refractivity contribution < 1.29 is 23.1 Å². The van der Waals surface area contributed by atoms with Gasteiger partial charge in [0.1, 0.15) is 4.90 Å². The van der Waals surface area contributed by atoms with Crippen molar-refractivity contribution in [1.82, 2.24) is 4.31 Å². The molecule has 116 valence electrons. The highest BCUT2D eigenvalue weighted by atomic mass is 35.5. The number of morpholine rings is 1. The number of carbonyl (C=O) groups is 1. The van der Waals surface area contributed by atoms with E-state index in [1.165, 1.54) is 10.4 Å². The van der Waals surface area contributed by atoms with Gasteiger partial charge in [-0.2, -0.15) is 4.31 Å². The van der Waals surface area contributed by atoms with Crippen LogP contribution in [-0.4, -0.2) is 49.6 Å². The van der Waals surface area contributed by atoms with Gasteiger partial charge in [0.2, 0.25) is 10.0 Å². The predicted molar refractivity (Wildman–Crippen MR) is 76.9 cm³/mol. The minimum Gasteiger partial charge on any atom is -0.481 e.